The summed E-state index contributed by atoms with van der Waals surface area (Å²) in [7, 11) is 0. The number of thiazole rings is 1. The molecule has 10 nitrogen and oxygen atoms in total. The van der Waals surface area contributed by atoms with Crippen LogP contribution >= 0.6 is 22.9 Å². The Kier molecular flexibility index (Phi) is 8.14. The van der Waals surface area contributed by atoms with Gasteiger partial charge in [-0.2, -0.15) is 20.1 Å². The number of hydrogen-bond donors (Lipinski definition) is 3. The van der Waals surface area contributed by atoms with Gasteiger partial charge in [0.25, 0.3) is 0 Å². The van der Waals surface area contributed by atoms with Crippen LogP contribution in [-0.2, 0) is 4.79 Å². The molecule has 1 aliphatic carbocycles. The van der Waals surface area contributed by atoms with Gasteiger partial charge in [0.2, 0.25) is 23.6 Å². The molecule has 0 unspecified atom stereocenters. The summed E-state index contributed by atoms with van der Waals surface area (Å²) in [5.74, 6) is 2.42. The third-order valence-corrected chi connectivity index (χ3v) is 5.33. The van der Waals surface area contributed by atoms with Gasteiger partial charge < -0.3 is 15.5 Å². The molecule has 1 saturated heterocycles. The number of carbonyl (C=O) groups is 1. The first kappa shape index (κ1) is 22.5. The van der Waals surface area contributed by atoms with E-state index in [1.807, 2.05) is 6.07 Å². The van der Waals surface area contributed by atoms with Crippen molar-refractivity contribution in [1.82, 2.24) is 30.1 Å². The van der Waals surface area contributed by atoms with E-state index in [4.69, 9.17) is 11.6 Å². The molecule has 3 aromatic heterocycles. The molecule has 1 amide bonds. The number of nitrogens with one attached hydrogen (secondary N) is 3. The van der Waals surface area contributed by atoms with Crippen molar-refractivity contribution in [3.05, 3.63) is 28.6 Å². The molecule has 1 aliphatic heterocycles. The lowest BCUT2D eigenvalue weighted by Gasteiger charge is -2.15. The van der Waals surface area contributed by atoms with E-state index < -0.39 is 0 Å². The number of aromatic nitrogens is 6. The van der Waals surface area contributed by atoms with Gasteiger partial charge in [-0.1, -0.05) is 0 Å². The van der Waals surface area contributed by atoms with Crippen LogP contribution in [0.5, 0.6) is 0 Å². The molecule has 0 atom stereocenters. The van der Waals surface area contributed by atoms with Gasteiger partial charge in [-0.3, -0.25) is 9.89 Å². The number of halogens is 1. The Morgan fingerprint density at radius 3 is 2.65 bits per heavy atom. The van der Waals surface area contributed by atoms with Crippen LogP contribution in [0.4, 0.5) is 22.8 Å². The number of amides is 1. The number of anilines is 4. The summed E-state index contributed by atoms with van der Waals surface area (Å²) < 4.78 is 0. The van der Waals surface area contributed by atoms with Crippen LogP contribution in [0.2, 0.25) is 5.28 Å². The zero-order valence-corrected chi connectivity index (χ0v) is 18.2. The molecule has 3 N–H and O–H groups in total. The normalized spacial score (nSPS) is 14.6. The molecule has 1 saturated carbocycles. The topological polar surface area (TPSA) is 125 Å². The summed E-state index contributed by atoms with van der Waals surface area (Å²) in [5.41, 5.74) is 1.16. The molecule has 3 aromatic rings. The minimum atomic E-state index is 0.201. The second-order valence-electron chi connectivity index (χ2n) is 6.63. The largest absolute Gasteiger partial charge is 0.341 e. The zero-order valence-electron chi connectivity index (χ0n) is 16.7. The van der Waals surface area contributed by atoms with Crippen molar-refractivity contribution in [3.8, 4) is 12.8 Å². The van der Waals surface area contributed by atoms with E-state index >= 15 is 0 Å². The van der Waals surface area contributed by atoms with Crippen LogP contribution in [0.25, 0.3) is 0 Å². The van der Waals surface area contributed by atoms with Crippen LogP contribution in [0.1, 0.15) is 37.3 Å². The Morgan fingerprint density at radius 1 is 1.23 bits per heavy atom. The van der Waals surface area contributed by atoms with E-state index in [9.17, 15) is 4.79 Å². The summed E-state index contributed by atoms with van der Waals surface area (Å²) in [4.78, 5) is 28.4. The van der Waals surface area contributed by atoms with Crippen molar-refractivity contribution in [2.24, 2.45) is 0 Å². The maximum atomic E-state index is 9.73. The summed E-state index contributed by atoms with van der Waals surface area (Å²) in [6, 6.07) is 2.00. The Balaban J connectivity index is 0.000000230. The van der Waals surface area contributed by atoms with Gasteiger partial charge in [-0.05, 0) is 37.3 Å². The number of rotatable bonds is 6. The number of hydrogen-bond acceptors (Lipinski definition) is 9. The van der Waals surface area contributed by atoms with E-state index in [1.165, 1.54) is 24.2 Å². The Hall–Kier alpha value is -3.23. The minimum Gasteiger partial charge on any atom is -0.341 e. The average molecular weight is 460 g/mol. The molecule has 2 fully saturated rings. The van der Waals surface area contributed by atoms with Crippen molar-refractivity contribution in [3.63, 3.8) is 0 Å². The molecule has 162 valence electrons. The molecular weight excluding hydrogens is 438 g/mol. The standard InChI is InChI=1S/C13H16ClN7.C4H4N2OS.C2H2/c14-11-16-12(18-13(17-11)21-5-1-2-6-21)15-10-7-9(19-20-10)8-3-4-8;7-3-6-4-5-1-2-8-4;1-2/h7-8H,1-6H2,(H2,15,16,17,18,19,20);1-3H,(H,5,6,7);1-2H. The van der Waals surface area contributed by atoms with E-state index in [1.54, 1.807) is 11.6 Å². The monoisotopic (exact) mass is 459 g/mol. The van der Waals surface area contributed by atoms with Crippen molar-refractivity contribution >= 4 is 52.2 Å². The van der Waals surface area contributed by atoms with E-state index in [2.05, 4.69) is 58.5 Å². The van der Waals surface area contributed by atoms with E-state index in [0.717, 1.165) is 31.6 Å². The highest BCUT2D eigenvalue weighted by Gasteiger charge is 2.25. The molecular formula is C19H22ClN9OS. The number of nitrogens with zero attached hydrogens (tertiary/aromatic N) is 6. The smallest absolute Gasteiger partial charge is 0.234 e. The first-order valence-electron chi connectivity index (χ1n) is 9.63. The summed E-state index contributed by atoms with van der Waals surface area (Å²) in [5, 5.41) is 15.4. The fourth-order valence-electron chi connectivity index (χ4n) is 2.92. The molecule has 0 radical (unpaired) electrons. The molecule has 2 aliphatic rings. The summed E-state index contributed by atoms with van der Waals surface area (Å²) in [6.07, 6.45) is 15.0. The lowest BCUT2D eigenvalue weighted by atomic mass is 10.3. The molecule has 12 heteroatoms. The van der Waals surface area contributed by atoms with Crippen LogP contribution < -0.4 is 15.5 Å². The Bertz CT molecular complexity index is 981. The van der Waals surface area contributed by atoms with Crippen LogP contribution in [0, 0.1) is 12.8 Å². The second kappa shape index (κ2) is 11.2. The summed E-state index contributed by atoms with van der Waals surface area (Å²) in [6.45, 7) is 1.93. The van der Waals surface area contributed by atoms with Gasteiger partial charge in [0.05, 0.1) is 0 Å². The number of carbonyl (C=O) groups excluding carboxylic acids is 1. The highest BCUT2D eigenvalue weighted by atomic mass is 35.5. The van der Waals surface area contributed by atoms with Gasteiger partial charge in [0.15, 0.2) is 10.9 Å². The third-order valence-electron chi connectivity index (χ3n) is 4.45. The molecule has 31 heavy (non-hydrogen) atoms. The molecule has 0 aromatic carbocycles. The van der Waals surface area contributed by atoms with Gasteiger partial charge in [-0.15, -0.1) is 24.2 Å². The first-order chi connectivity index (χ1) is 15.2. The van der Waals surface area contributed by atoms with Gasteiger partial charge in [0, 0.05) is 42.3 Å². The van der Waals surface area contributed by atoms with Gasteiger partial charge in [-0.25, -0.2) is 4.98 Å². The SMILES string of the molecule is C#C.Clc1nc(Nc2cc(C3CC3)[nH]n2)nc(N2CCCC2)n1.O=CNc1nccs1. The maximum Gasteiger partial charge on any atom is 0.234 e. The molecule has 0 spiro atoms. The summed E-state index contributed by atoms with van der Waals surface area (Å²) >= 11 is 7.40. The Morgan fingerprint density at radius 2 is 2.00 bits per heavy atom. The lowest BCUT2D eigenvalue weighted by molar-refractivity contribution is -0.105. The quantitative estimate of drug-likeness (QED) is 0.378. The van der Waals surface area contributed by atoms with Crippen molar-refractivity contribution in [2.75, 3.05) is 28.6 Å². The number of H-pyrrole nitrogens is 1. The van der Waals surface area contributed by atoms with Crippen LogP contribution in [0.3, 0.4) is 0 Å². The predicted molar refractivity (Wildman–Crippen MR) is 122 cm³/mol. The highest BCUT2D eigenvalue weighted by Crippen LogP contribution is 2.39. The van der Waals surface area contributed by atoms with Gasteiger partial charge in [0.1, 0.15) is 0 Å². The maximum absolute atomic E-state index is 9.73. The fourth-order valence-corrected chi connectivity index (χ4v) is 3.56. The minimum absolute atomic E-state index is 0.201. The predicted octanol–water partition coefficient (Wildman–Crippen LogP) is 3.43. The average Bonchev–Trinajstić information content (AvgIpc) is 3.20. The molecule has 4 heterocycles. The van der Waals surface area contributed by atoms with Crippen molar-refractivity contribution in [1.29, 1.82) is 0 Å². The zero-order chi connectivity index (χ0) is 22.1. The van der Waals surface area contributed by atoms with Crippen LogP contribution in [-0.4, -0.2) is 49.6 Å². The van der Waals surface area contributed by atoms with Crippen molar-refractivity contribution < 1.29 is 4.79 Å². The highest BCUT2D eigenvalue weighted by molar-refractivity contribution is 7.13. The van der Waals surface area contributed by atoms with Crippen LogP contribution in [0.15, 0.2) is 17.6 Å². The first-order valence-corrected chi connectivity index (χ1v) is 10.9. The van der Waals surface area contributed by atoms with E-state index in [0.29, 0.717) is 35.2 Å². The fraction of sp³-hybridized carbons (Fsp3) is 0.368. The molecule has 0 bridgehead atoms. The van der Waals surface area contributed by atoms with E-state index in [-0.39, 0.29) is 5.28 Å². The number of aromatic amines is 1. The Labute approximate surface area is 188 Å². The third kappa shape index (κ3) is 6.63. The lowest BCUT2D eigenvalue weighted by Crippen LogP contribution is -2.21. The number of terminal acetylenes is 1. The van der Waals surface area contributed by atoms with Crippen molar-refractivity contribution in [2.45, 2.75) is 31.6 Å². The second-order valence-corrected chi connectivity index (χ2v) is 7.86. The molecule has 5 rings (SSSR count). The van der Waals surface area contributed by atoms with Gasteiger partial charge >= 0.3 is 0 Å².